The van der Waals surface area contributed by atoms with Crippen LogP contribution in [-0.4, -0.2) is 16.7 Å². The van der Waals surface area contributed by atoms with Crippen molar-refractivity contribution in [2.75, 3.05) is 0 Å². The minimum Gasteiger partial charge on any atom is -0.352 e. The average Bonchev–Trinajstić information content (AvgIpc) is 2.27. The van der Waals surface area contributed by atoms with Crippen molar-refractivity contribution in [1.29, 1.82) is 0 Å². The number of nitrogens with zero attached hydrogens (tertiary/aromatic N) is 1. The smallest absolute Gasteiger partial charge is 0.227 e. The van der Waals surface area contributed by atoms with E-state index >= 15 is 0 Å². The summed E-state index contributed by atoms with van der Waals surface area (Å²) in [7, 11) is 0. The number of carbonyl (C=O) groups excluding carboxylic acids is 2. The van der Waals surface area contributed by atoms with Crippen LogP contribution < -0.4 is 5.32 Å². The number of hydrogen-bond acceptors (Lipinski definition) is 3. The van der Waals surface area contributed by atoms with Gasteiger partial charge in [-0.15, -0.1) is 0 Å². The molecule has 1 N–H and O–H groups in total. The topological polar surface area (TPSA) is 59.1 Å². The number of nitrogens with one attached hydrogen (secondary N) is 1. The van der Waals surface area contributed by atoms with Gasteiger partial charge in [0.15, 0.2) is 0 Å². The minimum absolute atomic E-state index is 0.0262. The molecule has 0 unspecified atom stereocenters. The maximum Gasteiger partial charge on any atom is 0.227 e. The van der Waals surface area contributed by atoms with Gasteiger partial charge < -0.3 is 5.32 Å². The van der Waals surface area contributed by atoms with E-state index in [1.54, 1.807) is 19.3 Å². The monoisotopic (exact) mass is 206 g/mol. The van der Waals surface area contributed by atoms with E-state index in [1.807, 2.05) is 12.1 Å². The Morgan fingerprint density at radius 1 is 1.33 bits per heavy atom. The SMILES string of the molecule is CCC(=O)CC(=O)NCc1ccncc1. The number of carbonyl (C=O) groups is 2. The van der Waals surface area contributed by atoms with Gasteiger partial charge in [0.05, 0.1) is 6.42 Å². The molecule has 0 fully saturated rings. The van der Waals surface area contributed by atoms with Gasteiger partial charge in [0, 0.05) is 25.4 Å². The van der Waals surface area contributed by atoms with Crippen molar-refractivity contribution in [1.82, 2.24) is 10.3 Å². The molecular weight excluding hydrogens is 192 g/mol. The van der Waals surface area contributed by atoms with Gasteiger partial charge in [-0.25, -0.2) is 0 Å². The first kappa shape index (κ1) is 11.4. The summed E-state index contributed by atoms with van der Waals surface area (Å²) in [5.41, 5.74) is 0.974. The molecule has 0 aliphatic heterocycles. The molecule has 0 spiro atoms. The molecule has 1 amide bonds. The van der Waals surface area contributed by atoms with Crippen molar-refractivity contribution in [2.45, 2.75) is 26.3 Å². The van der Waals surface area contributed by atoms with Crippen LogP contribution >= 0.6 is 0 Å². The Morgan fingerprint density at radius 3 is 2.60 bits per heavy atom. The minimum atomic E-state index is -0.223. The number of ketones is 1. The molecule has 0 radical (unpaired) electrons. The number of Topliss-reactive ketones (excluding diaryl/α,β-unsaturated/α-hetero) is 1. The fourth-order valence-electron chi connectivity index (χ4n) is 1.07. The highest BCUT2D eigenvalue weighted by Gasteiger charge is 2.06. The Hall–Kier alpha value is -1.71. The second-order valence-electron chi connectivity index (χ2n) is 3.20. The number of pyridine rings is 1. The maximum atomic E-state index is 11.2. The second-order valence-corrected chi connectivity index (χ2v) is 3.20. The second kappa shape index (κ2) is 5.90. The van der Waals surface area contributed by atoms with E-state index in [0.29, 0.717) is 13.0 Å². The fourth-order valence-corrected chi connectivity index (χ4v) is 1.07. The number of rotatable bonds is 5. The maximum absolute atomic E-state index is 11.2. The molecule has 1 heterocycles. The molecule has 0 aliphatic carbocycles. The highest BCUT2D eigenvalue weighted by molar-refractivity contribution is 5.97. The van der Waals surface area contributed by atoms with Crippen LogP contribution in [0, 0.1) is 0 Å². The third-order valence-corrected chi connectivity index (χ3v) is 1.99. The molecule has 80 valence electrons. The molecule has 1 rings (SSSR count). The summed E-state index contributed by atoms with van der Waals surface area (Å²) < 4.78 is 0. The van der Waals surface area contributed by atoms with Crippen LogP contribution in [0.2, 0.25) is 0 Å². The molecular formula is C11H14N2O2. The Labute approximate surface area is 88.7 Å². The van der Waals surface area contributed by atoms with Crippen LogP contribution in [-0.2, 0) is 16.1 Å². The van der Waals surface area contributed by atoms with Crippen molar-refractivity contribution in [3.05, 3.63) is 30.1 Å². The Balaban J connectivity index is 2.32. The molecule has 4 heteroatoms. The number of amides is 1. The summed E-state index contributed by atoms with van der Waals surface area (Å²) in [5.74, 6) is -0.263. The molecule has 1 aromatic rings. The Bertz CT molecular complexity index is 336. The number of hydrogen-bond donors (Lipinski definition) is 1. The largest absolute Gasteiger partial charge is 0.352 e. The lowest BCUT2D eigenvalue weighted by molar-refractivity contribution is -0.128. The zero-order chi connectivity index (χ0) is 11.1. The van der Waals surface area contributed by atoms with E-state index in [2.05, 4.69) is 10.3 Å². The molecule has 0 aliphatic rings. The first-order chi connectivity index (χ1) is 7.22. The van der Waals surface area contributed by atoms with E-state index in [-0.39, 0.29) is 18.1 Å². The van der Waals surface area contributed by atoms with Gasteiger partial charge in [-0.3, -0.25) is 14.6 Å². The van der Waals surface area contributed by atoms with Crippen LogP contribution in [0.3, 0.4) is 0 Å². The first-order valence-electron chi connectivity index (χ1n) is 4.89. The summed E-state index contributed by atoms with van der Waals surface area (Å²) in [6.45, 7) is 2.19. The molecule has 0 saturated carbocycles. The summed E-state index contributed by atoms with van der Waals surface area (Å²) in [5, 5.41) is 2.68. The van der Waals surface area contributed by atoms with E-state index in [9.17, 15) is 9.59 Å². The van der Waals surface area contributed by atoms with Gasteiger partial charge in [-0.2, -0.15) is 0 Å². The van der Waals surface area contributed by atoms with Gasteiger partial charge in [0.2, 0.25) is 5.91 Å². The highest BCUT2D eigenvalue weighted by Crippen LogP contribution is 1.96. The van der Waals surface area contributed by atoms with Crippen LogP contribution in [0.15, 0.2) is 24.5 Å². The Morgan fingerprint density at radius 2 is 2.00 bits per heavy atom. The zero-order valence-electron chi connectivity index (χ0n) is 8.69. The van der Waals surface area contributed by atoms with Crippen molar-refractivity contribution < 1.29 is 9.59 Å². The third-order valence-electron chi connectivity index (χ3n) is 1.99. The fraction of sp³-hybridized carbons (Fsp3) is 0.364. The molecule has 4 nitrogen and oxygen atoms in total. The Kier molecular flexibility index (Phi) is 4.47. The van der Waals surface area contributed by atoms with Crippen LogP contribution in [0.25, 0.3) is 0 Å². The van der Waals surface area contributed by atoms with E-state index in [4.69, 9.17) is 0 Å². The van der Waals surface area contributed by atoms with Gasteiger partial charge >= 0.3 is 0 Å². The van der Waals surface area contributed by atoms with Gasteiger partial charge in [-0.1, -0.05) is 6.92 Å². The standard InChI is InChI=1S/C11H14N2O2/c1-2-10(14)7-11(15)13-8-9-3-5-12-6-4-9/h3-6H,2,7-8H2,1H3,(H,13,15). The van der Waals surface area contributed by atoms with Gasteiger partial charge in [0.25, 0.3) is 0 Å². The lowest BCUT2D eigenvalue weighted by Gasteiger charge is -2.03. The zero-order valence-corrected chi connectivity index (χ0v) is 8.69. The highest BCUT2D eigenvalue weighted by atomic mass is 16.2. The number of aromatic nitrogens is 1. The van der Waals surface area contributed by atoms with Gasteiger partial charge in [0.1, 0.15) is 5.78 Å². The average molecular weight is 206 g/mol. The lowest BCUT2D eigenvalue weighted by atomic mass is 10.2. The van der Waals surface area contributed by atoms with Crippen molar-refractivity contribution in [2.24, 2.45) is 0 Å². The molecule has 0 atom stereocenters. The molecule has 1 aromatic heterocycles. The van der Waals surface area contributed by atoms with Crippen LogP contribution in [0.5, 0.6) is 0 Å². The van der Waals surface area contributed by atoms with Crippen molar-refractivity contribution in [3.63, 3.8) is 0 Å². The van der Waals surface area contributed by atoms with Crippen molar-refractivity contribution in [3.8, 4) is 0 Å². The predicted molar refractivity (Wildman–Crippen MR) is 56.0 cm³/mol. The van der Waals surface area contributed by atoms with E-state index < -0.39 is 0 Å². The molecule has 0 saturated heterocycles. The van der Waals surface area contributed by atoms with E-state index in [0.717, 1.165) is 5.56 Å². The van der Waals surface area contributed by atoms with Crippen LogP contribution in [0.4, 0.5) is 0 Å². The molecule has 0 aromatic carbocycles. The molecule has 15 heavy (non-hydrogen) atoms. The summed E-state index contributed by atoms with van der Waals surface area (Å²) in [4.78, 5) is 26.1. The van der Waals surface area contributed by atoms with Crippen LogP contribution in [0.1, 0.15) is 25.3 Å². The molecule has 0 bridgehead atoms. The lowest BCUT2D eigenvalue weighted by Crippen LogP contribution is -2.24. The quantitative estimate of drug-likeness (QED) is 0.733. The normalized spacial score (nSPS) is 9.67. The van der Waals surface area contributed by atoms with Gasteiger partial charge in [-0.05, 0) is 17.7 Å². The summed E-state index contributed by atoms with van der Waals surface area (Å²) in [6, 6.07) is 3.64. The first-order valence-corrected chi connectivity index (χ1v) is 4.89. The van der Waals surface area contributed by atoms with Crippen molar-refractivity contribution >= 4 is 11.7 Å². The van der Waals surface area contributed by atoms with E-state index in [1.165, 1.54) is 0 Å². The summed E-state index contributed by atoms with van der Waals surface area (Å²) in [6.07, 6.45) is 3.71. The third kappa shape index (κ3) is 4.35. The summed E-state index contributed by atoms with van der Waals surface area (Å²) >= 11 is 0. The predicted octanol–water partition coefficient (Wildman–Crippen LogP) is 1.07.